The Bertz CT molecular complexity index is 899. The Kier molecular flexibility index (Phi) is 5.63. The predicted molar refractivity (Wildman–Crippen MR) is 102 cm³/mol. The standard InChI is InChI=1S/C20H21N3O2S/c1-14-8-10-17(26-14)16(24)9-11-18(25)22-19(15-6-4-3-5-7-15)20-21-12-13-23(20)2/h3-8,10,12-13,19H,9,11H2,1-2H3,(H,22,25)/t19-/m1/s1. The molecule has 1 aromatic carbocycles. The monoisotopic (exact) mass is 367 g/mol. The van der Waals surface area contributed by atoms with Crippen LogP contribution in [-0.4, -0.2) is 21.2 Å². The fraction of sp³-hybridized carbons (Fsp3) is 0.250. The van der Waals surface area contributed by atoms with E-state index in [4.69, 9.17) is 0 Å². The number of hydrogen-bond donors (Lipinski definition) is 1. The summed E-state index contributed by atoms with van der Waals surface area (Å²) in [5, 5.41) is 3.02. The molecule has 134 valence electrons. The number of Topliss-reactive ketones (excluding diaryl/α,β-unsaturated/α-hetero) is 1. The summed E-state index contributed by atoms with van der Waals surface area (Å²) in [5.41, 5.74) is 0.954. The summed E-state index contributed by atoms with van der Waals surface area (Å²) in [5.74, 6) is 0.597. The summed E-state index contributed by atoms with van der Waals surface area (Å²) in [7, 11) is 1.90. The van der Waals surface area contributed by atoms with E-state index < -0.39 is 0 Å². The minimum atomic E-state index is -0.345. The van der Waals surface area contributed by atoms with Crippen LogP contribution >= 0.6 is 11.3 Å². The zero-order chi connectivity index (χ0) is 18.5. The van der Waals surface area contributed by atoms with Gasteiger partial charge in [-0.3, -0.25) is 9.59 Å². The topological polar surface area (TPSA) is 64.0 Å². The molecule has 2 aromatic heterocycles. The van der Waals surface area contributed by atoms with Crippen molar-refractivity contribution in [3.8, 4) is 0 Å². The fourth-order valence-corrected chi connectivity index (χ4v) is 3.60. The number of hydrogen-bond acceptors (Lipinski definition) is 4. The van der Waals surface area contributed by atoms with Gasteiger partial charge in [-0.15, -0.1) is 11.3 Å². The number of aryl methyl sites for hydroxylation is 2. The van der Waals surface area contributed by atoms with E-state index in [-0.39, 0.29) is 30.6 Å². The molecule has 1 N–H and O–H groups in total. The Morgan fingerprint density at radius 1 is 1.15 bits per heavy atom. The number of amides is 1. The second-order valence-corrected chi connectivity index (χ2v) is 7.43. The van der Waals surface area contributed by atoms with Crippen molar-refractivity contribution in [2.45, 2.75) is 25.8 Å². The lowest BCUT2D eigenvalue weighted by molar-refractivity contribution is -0.121. The zero-order valence-corrected chi connectivity index (χ0v) is 15.6. The van der Waals surface area contributed by atoms with Crippen molar-refractivity contribution in [1.29, 1.82) is 0 Å². The zero-order valence-electron chi connectivity index (χ0n) is 14.8. The second kappa shape index (κ2) is 8.10. The maximum atomic E-state index is 12.5. The quantitative estimate of drug-likeness (QED) is 0.648. The first-order valence-electron chi connectivity index (χ1n) is 8.46. The van der Waals surface area contributed by atoms with Gasteiger partial charge >= 0.3 is 0 Å². The van der Waals surface area contributed by atoms with Crippen LogP contribution in [0.15, 0.2) is 54.9 Å². The van der Waals surface area contributed by atoms with Gasteiger partial charge < -0.3 is 9.88 Å². The van der Waals surface area contributed by atoms with Gasteiger partial charge in [0.05, 0.1) is 4.88 Å². The third-order valence-corrected chi connectivity index (χ3v) is 5.19. The number of carbonyl (C=O) groups is 2. The highest BCUT2D eigenvalue weighted by Gasteiger charge is 2.21. The number of thiophene rings is 1. The second-order valence-electron chi connectivity index (χ2n) is 6.14. The Labute approximate surface area is 156 Å². The molecule has 0 aliphatic carbocycles. The third kappa shape index (κ3) is 4.26. The van der Waals surface area contributed by atoms with Crippen molar-refractivity contribution >= 4 is 23.0 Å². The minimum absolute atomic E-state index is 0.00602. The Morgan fingerprint density at radius 3 is 2.54 bits per heavy atom. The Morgan fingerprint density at radius 2 is 1.92 bits per heavy atom. The van der Waals surface area contributed by atoms with Crippen LogP contribution in [0.3, 0.4) is 0 Å². The van der Waals surface area contributed by atoms with Gasteiger partial charge in [-0.2, -0.15) is 0 Å². The number of nitrogens with one attached hydrogen (secondary N) is 1. The molecule has 6 heteroatoms. The molecule has 0 bridgehead atoms. The molecule has 1 amide bonds. The van der Waals surface area contributed by atoms with Gasteiger partial charge in [0.2, 0.25) is 5.91 Å². The molecule has 0 spiro atoms. The van der Waals surface area contributed by atoms with Crippen LogP contribution in [0, 0.1) is 6.92 Å². The van der Waals surface area contributed by atoms with Crippen LogP contribution in [0.4, 0.5) is 0 Å². The van der Waals surface area contributed by atoms with Gasteiger partial charge in [0.25, 0.3) is 0 Å². The van der Waals surface area contributed by atoms with Crippen LogP contribution in [-0.2, 0) is 11.8 Å². The Hall–Kier alpha value is -2.73. The van der Waals surface area contributed by atoms with E-state index in [9.17, 15) is 9.59 Å². The SMILES string of the molecule is Cc1ccc(C(=O)CCC(=O)N[C@H](c2ccccc2)c2nccn2C)s1. The van der Waals surface area contributed by atoms with Crippen molar-refractivity contribution in [2.24, 2.45) is 7.05 Å². The summed E-state index contributed by atoms with van der Waals surface area (Å²) >= 11 is 1.46. The third-order valence-electron chi connectivity index (χ3n) is 4.15. The number of imidazole rings is 1. The number of rotatable bonds is 7. The number of nitrogens with zero attached hydrogens (tertiary/aromatic N) is 2. The molecule has 0 aliphatic heterocycles. The molecule has 5 nitrogen and oxygen atoms in total. The fourth-order valence-electron chi connectivity index (χ4n) is 2.77. The molecule has 0 radical (unpaired) electrons. The summed E-state index contributed by atoms with van der Waals surface area (Å²) in [6.07, 6.45) is 3.91. The van der Waals surface area contributed by atoms with Crippen LogP contribution < -0.4 is 5.32 Å². The average molecular weight is 367 g/mol. The van der Waals surface area contributed by atoms with E-state index in [1.165, 1.54) is 11.3 Å². The molecule has 1 atom stereocenters. The van der Waals surface area contributed by atoms with Crippen molar-refractivity contribution in [3.63, 3.8) is 0 Å². The highest BCUT2D eigenvalue weighted by atomic mass is 32.1. The molecule has 3 aromatic rings. The van der Waals surface area contributed by atoms with Crippen molar-refractivity contribution in [2.75, 3.05) is 0 Å². The molecule has 26 heavy (non-hydrogen) atoms. The Balaban J connectivity index is 1.68. The first-order chi connectivity index (χ1) is 12.5. The van der Waals surface area contributed by atoms with E-state index in [1.807, 2.05) is 67.2 Å². The van der Waals surface area contributed by atoms with Crippen LogP contribution in [0.2, 0.25) is 0 Å². The summed E-state index contributed by atoms with van der Waals surface area (Å²) in [4.78, 5) is 30.9. The molecule has 0 aliphatic rings. The number of carbonyl (C=O) groups excluding carboxylic acids is 2. The molecule has 0 saturated heterocycles. The number of aromatic nitrogens is 2. The number of ketones is 1. The normalized spacial score (nSPS) is 11.9. The van der Waals surface area contributed by atoms with E-state index in [1.54, 1.807) is 6.20 Å². The largest absolute Gasteiger partial charge is 0.342 e. The van der Waals surface area contributed by atoms with Crippen LogP contribution in [0.1, 0.15) is 44.8 Å². The highest BCUT2D eigenvalue weighted by Crippen LogP contribution is 2.21. The first-order valence-corrected chi connectivity index (χ1v) is 9.27. The van der Waals surface area contributed by atoms with Gasteiger partial charge in [0.1, 0.15) is 11.9 Å². The van der Waals surface area contributed by atoms with Gasteiger partial charge in [0, 0.05) is 37.2 Å². The summed E-state index contributed by atoms with van der Waals surface area (Å²) < 4.78 is 1.89. The average Bonchev–Trinajstić information content (AvgIpc) is 3.27. The van der Waals surface area contributed by atoms with E-state index in [0.29, 0.717) is 4.88 Å². The lowest BCUT2D eigenvalue weighted by Crippen LogP contribution is -2.31. The summed E-state index contributed by atoms with van der Waals surface area (Å²) in [6, 6.07) is 13.1. The lowest BCUT2D eigenvalue weighted by atomic mass is 10.1. The van der Waals surface area contributed by atoms with E-state index >= 15 is 0 Å². The van der Waals surface area contributed by atoms with E-state index in [2.05, 4.69) is 10.3 Å². The molecule has 0 unspecified atom stereocenters. The molecular weight excluding hydrogens is 346 g/mol. The minimum Gasteiger partial charge on any atom is -0.342 e. The van der Waals surface area contributed by atoms with Crippen molar-refractivity contribution < 1.29 is 9.59 Å². The van der Waals surface area contributed by atoms with Gasteiger partial charge in [0.15, 0.2) is 5.78 Å². The van der Waals surface area contributed by atoms with Crippen LogP contribution in [0.5, 0.6) is 0 Å². The van der Waals surface area contributed by atoms with Crippen molar-refractivity contribution in [3.05, 3.63) is 76.0 Å². The first kappa shape index (κ1) is 18.1. The molecule has 2 heterocycles. The van der Waals surface area contributed by atoms with Gasteiger partial charge in [-0.25, -0.2) is 4.98 Å². The van der Waals surface area contributed by atoms with Gasteiger partial charge in [-0.1, -0.05) is 30.3 Å². The predicted octanol–water partition coefficient (Wildman–Crippen LogP) is 3.66. The van der Waals surface area contributed by atoms with Crippen molar-refractivity contribution in [1.82, 2.24) is 14.9 Å². The number of benzene rings is 1. The highest BCUT2D eigenvalue weighted by molar-refractivity contribution is 7.14. The van der Waals surface area contributed by atoms with Crippen LogP contribution in [0.25, 0.3) is 0 Å². The lowest BCUT2D eigenvalue weighted by Gasteiger charge is -2.19. The molecule has 3 rings (SSSR count). The van der Waals surface area contributed by atoms with Gasteiger partial charge in [-0.05, 0) is 24.6 Å². The molecular formula is C20H21N3O2S. The molecule has 0 fully saturated rings. The molecule has 0 saturated carbocycles. The smallest absolute Gasteiger partial charge is 0.221 e. The maximum Gasteiger partial charge on any atom is 0.221 e. The maximum absolute atomic E-state index is 12.5. The summed E-state index contributed by atoms with van der Waals surface area (Å²) in [6.45, 7) is 1.96. The van der Waals surface area contributed by atoms with E-state index in [0.717, 1.165) is 16.3 Å².